The van der Waals surface area contributed by atoms with E-state index >= 15 is 0 Å². The number of aliphatic hydroxyl groups excluding tert-OH is 1. The monoisotopic (exact) mass is 407 g/mol. The van der Waals surface area contributed by atoms with Crippen LogP contribution in [-0.4, -0.2) is 77.0 Å². The smallest absolute Gasteiger partial charge is 0.325 e. The molecule has 0 spiro atoms. The molecular formula is C15H29N5O6S. The third-order valence-electron chi connectivity index (χ3n) is 3.66. The highest BCUT2D eigenvalue weighted by Crippen LogP contribution is 2.03. The van der Waals surface area contributed by atoms with Crippen LogP contribution >= 0.6 is 12.6 Å². The first kappa shape index (κ1) is 25.1. The van der Waals surface area contributed by atoms with Gasteiger partial charge >= 0.3 is 5.97 Å². The second-order valence-electron chi connectivity index (χ2n) is 5.95. The van der Waals surface area contributed by atoms with Crippen molar-refractivity contribution in [1.29, 1.82) is 0 Å². The summed E-state index contributed by atoms with van der Waals surface area (Å²) in [5.74, 6) is -3.37. The van der Waals surface area contributed by atoms with E-state index in [1.165, 1.54) is 6.92 Å². The van der Waals surface area contributed by atoms with E-state index in [0.717, 1.165) is 0 Å². The van der Waals surface area contributed by atoms with E-state index in [-0.39, 0.29) is 12.2 Å². The van der Waals surface area contributed by atoms with Gasteiger partial charge in [-0.25, -0.2) is 0 Å². The molecule has 0 aliphatic rings. The molecule has 0 aliphatic heterocycles. The number of carboxylic acid groups (broad SMARTS) is 1. The Kier molecular flexibility index (Phi) is 12.4. The van der Waals surface area contributed by atoms with Gasteiger partial charge in [-0.15, -0.1) is 0 Å². The Morgan fingerprint density at radius 1 is 1.00 bits per heavy atom. The van der Waals surface area contributed by atoms with E-state index in [4.69, 9.17) is 21.7 Å². The zero-order chi connectivity index (χ0) is 21.0. The molecule has 0 radical (unpaired) electrons. The summed E-state index contributed by atoms with van der Waals surface area (Å²) in [5, 5.41) is 24.9. The molecule has 0 bridgehead atoms. The number of amides is 3. The van der Waals surface area contributed by atoms with Crippen molar-refractivity contribution in [3.63, 3.8) is 0 Å². The predicted molar refractivity (Wildman–Crippen MR) is 101 cm³/mol. The Labute approximate surface area is 163 Å². The maximum absolute atomic E-state index is 12.4. The second-order valence-corrected chi connectivity index (χ2v) is 6.31. The molecule has 3 amide bonds. The number of aliphatic hydroxyl groups is 1. The van der Waals surface area contributed by atoms with Crippen molar-refractivity contribution in [2.45, 2.75) is 50.4 Å². The van der Waals surface area contributed by atoms with Gasteiger partial charge in [0, 0.05) is 5.75 Å². The van der Waals surface area contributed by atoms with Crippen LogP contribution in [0, 0.1) is 0 Å². The summed E-state index contributed by atoms with van der Waals surface area (Å²) in [4.78, 5) is 47.3. The van der Waals surface area contributed by atoms with Gasteiger partial charge in [0.2, 0.25) is 17.7 Å². The van der Waals surface area contributed by atoms with Gasteiger partial charge < -0.3 is 37.6 Å². The van der Waals surface area contributed by atoms with Crippen molar-refractivity contribution < 1.29 is 29.4 Å². The largest absolute Gasteiger partial charge is 0.480 e. The minimum absolute atomic E-state index is 0.0710. The zero-order valence-electron chi connectivity index (χ0n) is 15.2. The van der Waals surface area contributed by atoms with Crippen molar-refractivity contribution in [3.8, 4) is 0 Å². The van der Waals surface area contributed by atoms with E-state index in [1.807, 2.05) is 0 Å². The summed E-state index contributed by atoms with van der Waals surface area (Å²) in [7, 11) is 0. The van der Waals surface area contributed by atoms with E-state index in [2.05, 4.69) is 28.6 Å². The molecule has 0 saturated carbocycles. The van der Waals surface area contributed by atoms with Crippen LogP contribution in [0.3, 0.4) is 0 Å². The minimum atomic E-state index is -1.21. The fraction of sp³-hybridized carbons (Fsp3) is 0.733. The molecule has 9 N–H and O–H groups in total. The molecule has 11 nitrogen and oxygen atoms in total. The standard InChI is InChI=1S/C15H29N5O6S/c1-8(15(25)26)18-13(23)10(4-2-3-5-16)19-14(24)11(7-27)20-12(22)9(17)6-21/h8-11,21,27H,2-7,16-17H2,1H3,(H,18,23)(H,19,24)(H,20,22)(H,25,26). The number of unbranched alkanes of at least 4 members (excludes halogenated alkanes) is 1. The number of rotatable bonds is 13. The molecular weight excluding hydrogens is 378 g/mol. The van der Waals surface area contributed by atoms with Crippen LogP contribution in [0.2, 0.25) is 0 Å². The molecule has 156 valence electrons. The highest BCUT2D eigenvalue weighted by atomic mass is 32.1. The summed E-state index contributed by atoms with van der Waals surface area (Å²) < 4.78 is 0. The number of nitrogens with one attached hydrogen (secondary N) is 3. The average Bonchev–Trinajstić information content (AvgIpc) is 2.63. The lowest BCUT2D eigenvalue weighted by atomic mass is 10.1. The third-order valence-corrected chi connectivity index (χ3v) is 4.02. The third kappa shape index (κ3) is 9.56. The molecule has 0 aromatic rings. The van der Waals surface area contributed by atoms with Crippen LogP contribution < -0.4 is 27.4 Å². The maximum Gasteiger partial charge on any atom is 0.325 e. The van der Waals surface area contributed by atoms with Crippen molar-refractivity contribution in [3.05, 3.63) is 0 Å². The lowest BCUT2D eigenvalue weighted by molar-refractivity contribution is -0.141. The topological polar surface area (TPSA) is 197 Å². The van der Waals surface area contributed by atoms with Gasteiger partial charge in [-0.3, -0.25) is 19.2 Å². The molecule has 0 rings (SSSR count). The summed E-state index contributed by atoms with van der Waals surface area (Å²) in [6, 6.07) is -4.41. The Bertz CT molecular complexity index is 521. The number of carbonyl (C=O) groups is 4. The second kappa shape index (κ2) is 13.3. The number of aliphatic carboxylic acids is 1. The average molecular weight is 407 g/mol. The Morgan fingerprint density at radius 2 is 1.56 bits per heavy atom. The van der Waals surface area contributed by atoms with Crippen LogP contribution in [0.15, 0.2) is 0 Å². The number of carbonyl (C=O) groups excluding carboxylic acids is 3. The molecule has 0 heterocycles. The van der Waals surface area contributed by atoms with E-state index in [9.17, 15) is 19.2 Å². The Morgan fingerprint density at radius 3 is 2.04 bits per heavy atom. The zero-order valence-corrected chi connectivity index (χ0v) is 16.1. The van der Waals surface area contributed by atoms with Gasteiger partial charge in [0.05, 0.1) is 6.61 Å². The van der Waals surface area contributed by atoms with Crippen molar-refractivity contribution in [1.82, 2.24) is 16.0 Å². The van der Waals surface area contributed by atoms with Crippen molar-refractivity contribution in [2.75, 3.05) is 18.9 Å². The first-order valence-electron chi connectivity index (χ1n) is 8.49. The normalized spacial score (nSPS) is 15.1. The summed E-state index contributed by atoms with van der Waals surface area (Å²) >= 11 is 4.00. The lowest BCUT2D eigenvalue weighted by Crippen LogP contribution is -2.57. The minimum Gasteiger partial charge on any atom is -0.480 e. The fourth-order valence-electron chi connectivity index (χ4n) is 1.97. The lowest BCUT2D eigenvalue weighted by Gasteiger charge is -2.23. The van der Waals surface area contributed by atoms with Crippen LogP contribution in [0.4, 0.5) is 0 Å². The quantitative estimate of drug-likeness (QED) is 0.116. The van der Waals surface area contributed by atoms with Gasteiger partial charge in [0.1, 0.15) is 24.2 Å². The summed E-state index contributed by atoms with van der Waals surface area (Å²) in [5.41, 5.74) is 10.8. The van der Waals surface area contributed by atoms with E-state index in [0.29, 0.717) is 19.4 Å². The molecule has 0 aliphatic carbocycles. The Hall–Kier alpha value is -1.89. The maximum atomic E-state index is 12.4. The first-order valence-corrected chi connectivity index (χ1v) is 9.12. The van der Waals surface area contributed by atoms with Crippen molar-refractivity contribution >= 4 is 36.3 Å². The molecule has 4 unspecified atom stereocenters. The van der Waals surface area contributed by atoms with Crippen LogP contribution in [0.5, 0.6) is 0 Å². The number of hydrogen-bond donors (Lipinski definition) is 8. The van der Waals surface area contributed by atoms with Gasteiger partial charge in [-0.05, 0) is 32.7 Å². The van der Waals surface area contributed by atoms with Gasteiger partial charge in [0.25, 0.3) is 0 Å². The highest BCUT2D eigenvalue weighted by Gasteiger charge is 2.28. The van der Waals surface area contributed by atoms with Crippen LogP contribution in [-0.2, 0) is 19.2 Å². The molecule has 27 heavy (non-hydrogen) atoms. The fourth-order valence-corrected chi connectivity index (χ4v) is 2.22. The highest BCUT2D eigenvalue weighted by molar-refractivity contribution is 7.80. The van der Waals surface area contributed by atoms with Crippen LogP contribution in [0.1, 0.15) is 26.2 Å². The molecule has 0 aromatic carbocycles. The van der Waals surface area contributed by atoms with Gasteiger partial charge in [-0.2, -0.15) is 12.6 Å². The molecule has 4 atom stereocenters. The van der Waals surface area contributed by atoms with E-state index < -0.39 is 54.5 Å². The first-order chi connectivity index (χ1) is 12.7. The van der Waals surface area contributed by atoms with Gasteiger partial charge in [-0.1, -0.05) is 0 Å². The van der Waals surface area contributed by atoms with Crippen LogP contribution in [0.25, 0.3) is 0 Å². The molecule has 0 aromatic heterocycles. The number of nitrogens with two attached hydrogens (primary N) is 2. The summed E-state index contributed by atoms with van der Waals surface area (Å²) in [6.07, 6.45) is 1.39. The van der Waals surface area contributed by atoms with Crippen molar-refractivity contribution in [2.24, 2.45) is 11.5 Å². The number of carboxylic acids is 1. The van der Waals surface area contributed by atoms with Gasteiger partial charge in [0.15, 0.2) is 0 Å². The molecule has 12 heteroatoms. The predicted octanol–water partition coefficient (Wildman–Crippen LogP) is -3.08. The number of thiol groups is 1. The summed E-state index contributed by atoms with van der Waals surface area (Å²) in [6.45, 7) is 1.11. The van der Waals surface area contributed by atoms with E-state index in [1.54, 1.807) is 0 Å². The molecule has 0 fully saturated rings. The number of hydrogen-bond acceptors (Lipinski definition) is 8. The Balaban J connectivity index is 5.03. The SMILES string of the molecule is CC(NC(=O)C(CCCCN)NC(=O)C(CS)NC(=O)C(N)CO)C(=O)O. The molecule has 0 saturated heterocycles.